The van der Waals surface area contributed by atoms with Crippen LogP contribution in [0.3, 0.4) is 0 Å². The molecular formula is C27H41N5O2. The molecule has 4 aliphatic rings. The number of aliphatic hydroxyl groups is 1. The van der Waals surface area contributed by atoms with Crippen molar-refractivity contribution in [3.8, 4) is 0 Å². The van der Waals surface area contributed by atoms with E-state index in [2.05, 4.69) is 58.3 Å². The fourth-order valence-corrected chi connectivity index (χ4v) is 5.88. The van der Waals surface area contributed by atoms with Crippen LogP contribution in [-0.2, 0) is 11.3 Å². The summed E-state index contributed by atoms with van der Waals surface area (Å²) < 4.78 is 0. The lowest BCUT2D eigenvalue weighted by atomic mass is 9.84. The van der Waals surface area contributed by atoms with E-state index in [1.54, 1.807) is 0 Å². The molecule has 1 atom stereocenters. The lowest BCUT2D eigenvalue weighted by Gasteiger charge is -2.40. The zero-order valence-corrected chi connectivity index (χ0v) is 20.9. The Bertz CT molecular complexity index is 866. The number of rotatable bonds is 7. The minimum atomic E-state index is -0.713. The normalized spacial score (nSPS) is 25.9. The summed E-state index contributed by atoms with van der Waals surface area (Å²) in [5, 5.41) is 18.0. The van der Waals surface area contributed by atoms with Gasteiger partial charge < -0.3 is 14.9 Å². The predicted octanol–water partition coefficient (Wildman–Crippen LogP) is 2.93. The summed E-state index contributed by atoms with van der Waals surface area (Å²) >= 11 is 0. The first-order chi connectivity index (χ1) is 16.4. The number of piperidine rings is 2. The molecule has 1 aliphatic carbocycles. The van der Waals surface area contributed by atoms with Crippen molar-refractivity contribution in [3.05, 3.63) is 29.8 Å². The quantitative estimate of drug-likeness (QED) is 0.668. The van der Waals surface area contributed by atoms with Gasteiger partial charge in [-0.1, -0.05) is 12.1 Å². The van der Waals surface area contributed by atoms with E-state index in [0.29, 0.717) is 44.3 Å². The molecule has 1 aromatic carbocycles. The number of anilines is 1. The molecule has 0 spiro atoms. The van der Waals surface area contributed by atoms with Gasteiger partial charge in [-0.15, -0.1) is 0 Å². The number of hydrogen-bond acceptors (Lipinski definition) is 6. The third-order valence-electron chi connectivity index (χ3n) is 8.37. The van der Waals surface area contributed by atoms with E-state index in [1.807, 2.05) is 11.1 Å². The average Bonchev–Trinajstić information content (AvgIpc) is 3.59. The highest BCUT2D eigenvalue weighted by Crippen LogP contribution is 2.36. The van der Waals surface area contributed by atoms with Crippen LogP contribution in [0.15, 0.2) is 29.4 Å². The standard InChI is InChI=1S/C27H41N5O2/c1-29(2)23-10-15-30(16-11-23)20-21-3-7-24(8-4-21)32-25(9-14-28-32)19-27(34)12-17-31(18-13-27)26(33)22-5-6-22/h3-4,7-8,14,22-23,25,34H,5-6,9-13,15-20H2,1-2H3. The van der Waals surface area contributed by atoms with Crippen LogP contribution < -0.4 is 5.01 Å². The van der Waals surface area contributed by atoms with E-state index in [-0.39, 0.29) is 12.0 Å². The van der Waals surface area contributed by atoms with Crippen LogP contribution in [0.4, 0.5) is 5.69 Å². The van der Waals surface area contributed by atoms with E-state index in [1.165, 1.54) is 18.4 Å². The number of carbonyl (C=O) groups is 1. The van der Waals surface area contributed by atoms with Crippen molar-refractivity contribution in [1.82, 2.24) is 14.7 Å². The average molecular weight is 468 g/mol. The molecule has 7 heteroatoms. The lowest BCUT2D eigenvalue weighted by molar-refractivity contribution is -0.137. The van der Waals surface area contributed by atoms with Crippen LogP contribution in [0.1, 0.15) is 56.9 Å². The van der Waals surface area contributed by atoms with E-state index in [9.17, 15) is 9.90 Å². The molecule has 1 amide bonds. The van der Waals surface area contributed by atoms with Gasteiger partial charge >= 0.3 is 0 Å². The van der Waals surface area contributed by atoms with Gasteiger partial charge in [0.2, 0.25) is 5.91 Å². The number of nitrogens with zero attached hydrogens (tertiary/aromatic N) is 5. The SMILES string of the molecule is CN(C)C1CCN(Cc2ccc(N3N=CCC3CC3(O)CCN(C(=O)C4CC4)CC3)cc2)CC1. The van der Waals surface area contributed by atoms with Crippen molar-refractivity contribution in [2.75, 3.05) is 45.3 Å². The monoisotopic (exact) mass is 467 g/mol. The number of hydrogen-bond donors (Lipinski definition) is 1. The Labute approximate surface area is 204 Å². The van der Waals surface area contributed by atoms with Gasteiger partial charge in [-0.3, -0.25) is 14.7 Å². The Balaban J connectivity index is 1.13. The van der Waals surface area contributed by atoms with Crippen LogP contribution in [-0.4, -0.2) is 89.9 Å². The van der Waals surface area contributed by atoms with Gasteiger partial charge in [0.1, 0.15) is 0 Å². The minimum absolute atomic E-state index is 0.173. The highest BCUT2D eigenvalue weighted by Gasteiger charge is 2.41. The molecule has 1 aromatic rings. The second-order valence-electron chi connectivity index (χ2n) is 11.2. The Morgan fingerprint density at radius 1 is 1.06 bits per heavy atom. The summed E-state index contributed by atoms with van der Waals surface area (Å²) in [6.07, 6.45) is 9.43. The number of benzene rings is 1. The third kappa shape index (κ3) is 5.47. The van der Waals surface area contributed by atoms with Gasteiger partial charge in [0.15, 0.2) is 0 Å². The van der Waals surface area contributed by atoms with Crippen molar-refractivity contribution >= 4 is 17.8 Å². The number of amides is 1. The molecule has 1 unspecified atom stereocenters. The first-order valence-corrected chi connectivity index (χ1v) is 13.2. The molecule has 1 N–H and O–H groups in total. The number of likely N-dealkylation sites (tertiary alicyclic amines) is 2. The first kappa shape index (κ1) is 23.8. The van der Waals surface area contributed by atoms with Crippen LogP contribution in [0.5, 0.6) is 0 Å². The Morgan fingerprint density at radius 2 is 1.74 bits per heavy atom. The highest BCUT2D eigenvalue weighted by atomic mass is 16.3. The summed E-state index contributed by atoms with van der Waals surface area (Å²) in [5.74, 6) is 0.563. The van der Waals surface area contributed by atoms with Crippen molar-refractivity contribution in [2.45, 2.75) is 75.6 Å². The number of carbonyl (C=O) groups excluding carboxylic acids is 1. The van der Waals surface area contributed by atoms with Crippen LogP contribution in [0, 0.1) is 5.92 Å². The summed E-state index contributed by atoms with van der Waals surface area (Å²) in [6.45, 7) is 4.68. The summed E-state index contributed by atoms with van der Waals surface area (Å²) in [6, 6.07) is 9.71. The zero-order valence-electron chi connectivity index (χ0n) is 20.9. The summed E-state index contributed by atoms with van der Waals surface area (Å²) in [7, 11) is 4.37. The van der Waals surface area contributed by atoms with Gasteiger partial charge in [0.05, 0.1) is 17.3 Å². The summed E-state index contributed by atoms with van der Waals surface area (Å²) in [4.78, 5) is 19.2. The van der Waals surface area contributed by atoms with Gasteiger partial charge in [-0.25, -0.2) is 0 Å². The maximum absolute atomic E-state index is 12.4. The minimum Gasteiger partial charge on any atom is -0.390 e. The molecule has 186 valence electrons. The van der Waals surface area contributed by atoms with Gasteiger partial charge in [0, 0.05) is 44.2 Å². The van der Waals surface area contributed by atoms with E-state index < -0.39 is 5.60 Å². The number of hydrazone groups is 1. The second-order valence-corrected chi connectivity index (χ2v) is 11.2. The largest absolute Gasteiger partial charge is 0.390 e. The highest BCUT2D eigenvalue weighted by molar-refractivity contribution is 5.81. The second kappa shape index (κ2) is 9.96. The summed E-state index contributed by atoms with van der Waals surface area (Å²) in [5.41, 5.74) is 1.73. The van der Waals surface area contributed by atoms with E-state index >= 15 is 0 Å². The van der Waals surface area contributed by atoms with Crippen molar-refractivity contribution in [1.29, 1.82) is 0 Å². The molecule has 1 saturated carbocycles. The molecule has 7 nitrogen and oxygen atoms in total. The zero-order chi connectivity index (χ0) is 23.7. The molecule has 0 radical (unpaired) electrons. The lowest BCUT2D eigenvalue weighted by Crippen LogP contribution is -2.49. The molecule has 0 bridgehead atoms. The van der Waals surface area contributed by atoms with Crippen LogP contribution >= 0.6 is 0 Å². The fourth-order valence-electron chi connectivity index (χ4n) is 5.88. The van der Waals surface area contributed by atoms with Crippen molar-refractivity contribution < 1.29 is 9.90 Å². The molecule has 3 aliphatic heterocycles. The van der Waals surface area contributed by atoms with Crippen LogP contribution in [0.25, 0.3) is 0 Å². The molecule has 2 saturated heterocycles. The molecule has 0 aromatic heterocycles. The van der Waals surface area contributed by atoms with Gasteiger partial charge in [0.25, 0.3) is 0 Å². The molecular weight excluding hydrogens is 426 g/mol. The van der Waals surface area contributed by atoms with Crippen molar-refractivity contribution in [2.24, 2.45) is 11.0 Å². The van der Waals surface area contributed by atoms with E-state index in [4.69, 9.17) is 0 Å². The first-order valence-electron chi connectivity index (χ1n) is 13.2. The Kier molecular flexibility index (Phi) is 6.96. The topological polar surface area (TPSA) is 62.6 Å². The van der Waals surface area contributed by atoms with Gasteiger partial charge in [-0.05, 0) is 89.8 Å². The molecule has 5 rings (SSSR count). The maximum atomic E-state index is 12.4. The van der Waals surface area contributed by atoms with Gasteiger partial charge in [-0.2, -0.15) is 5.10 Å². The predicted molar refractivity (Wildman–Crippen MR) is 136 cm³/mol. The molecule has 34 heavy (non-hydrogen) atoms. The smallest absolute Gasteiger partial charge is 0.225 e. The Hall–Kier alpha value is -1.96. The van der Waals surface area contributed by atoms with Crippen molar-refractivity contribution in [3.63, 3.8) is 0 Å². The maximum Gasteiger partial charge on any atom is 0.225 e. The van der Waals surface area contributed by atoms with Crippen LogP contribution in [0.2, 0.25) is 0 Å². The fraction of sp³-hybridized carbons (Fsp3) is 0.704. The Morgan fingerprint density at radius 3 is 2.35 bits per heavy atom. The third-order valence-corrected chi connectivity index (χ3v) is 8.37. The molecule has 3 fully saturated rings. The van der Waals surface area contributed by atoms with E-state index in [0.717, 1.165) is 44.6 Å². The molecule has 3 heterocycles.